The number of carbonyl (C=O) groups is 1. The molecule has 1 amide bonds. The minimum absolute atomic E-state index is 0.158. The zero-order valence-electron chi connectivity index (χ0n) is 21.3. The molecule has 1 saturated carbocycles. The fraction of sp³-hybridized carbons (Fsp3) is 0.577. The minimum Gasteiger partial charge on any atom is -0.355 e. The standard InChI is InChI=1S/C26H38B2N6O/c27-26(28)12-17-33(18-19-34(26)22-10-15-32(16-11-22)21-4-1-2-5-21)24-7-3-6-23(31-24)25(35)30-20-8-13-29-14-9-20/h3,6-9,13-14,21-22H,1-2,4-5,10-12,15-19,27-28H2,(H,29,30,35). The number of piperidine rings is 1. The molecule has 2 aromatic rings. The summed E-state index contributed by atoms with van der Waals surface area (Å²) in [6, 6.07) is 10.8. The van der Waals surface area contributed by atoms with E-state index < -0.39 is 0 Å². The van der Waals surface area contributed by atoms with Gasteiger partial charge in [0.15, 0.2) is 0 Å². The third-order valence-corrected chi connectivity index (χ3v) is 8.39. The molecule has 9 heteroatoms. The van der Waals surface area contributed by atoms with Gasteiger partial charge in [0.05, 0.1) is 0 Å². The van der Waals surface area contributed by atoms with Gasteiger partial charge in [0, 0.05) is 49.8 Å². The van der Waals surface area contributed by atoms with E-state index in [1.54, 1.807) is 30.6 Å². The first-order valence-electron chi connectivity index (χ1n) is 13.4. The van der Waals surface area contributed by atoms with Crippen molar-refractivity contribution in [3.05, 3.63) is 48.4 Å². The van der Waals surface area contributed by atoms with Crippen LogP contribution in [0.5, 0.6) is 0 Å². The maximum absolute atomic E-state index is 12.8. The fourth-order valence-corrected chi connectivity index (χ4v) is 6.29. The Bertz CT molecular complexity index is 992. The molecule has 35 heavy (non-hydrogen) atoms. The van der Waals surface area contributed by atoms with Gasteiger partial charge < -0.3 is 20.0 Å². The van der Waals surface area contributed by atoms with E-state index in [0.29, 0.717) is 11.7 Å². The Kier molecular flexibility index (Phi) is 7.44. The summed E-state index contributed by atoms with van der Waals surface area (Å²) in [5, 5.41) is 3.07. The van der Waals surface area contributed by atoms with Crippen LogP contribution in [0.3, 0.4) is 0 Å². The van der Waals surface area contributed by atoms with Crippen molar-refractivity contribution in [2.45, 2.75) is 62.4 Å². The van der Waals surface area contributed by atoms with E-state index in [1.807, 2.05) is 12.1 Å². The third-order valence-electron chi connectivity index (χ3n) is 8.39. The Morgan fingerprint density at radius 3 is 2.40 bits per heavy atom. The molecule has 0 aromatic carbocycles. The molecule has 2 saturated heterocycles. The lowest BCUT2D eigenvalue weighted by atomic mass is 9.58. The third kappa shape index (κ3) is 5.72. The number of nitrogens with zero attached hydrogens (tertiary/aromatic N) is 5. The number of rotatable bonds is 5. The monoisotopic (exact) mass is 472 g/mol. The Balaban J connectivity index is 1.22. The average molecular weight is 472 g/mol. The highest BCUT2D eigenvalue weighted by Gasteiger charge is 2.37. The number of aromatic nitrogens is 2. The van der Waals surface area contributed by atoms with Gasteiger partial charge in [-0.25, -0.2) is 4.98 Å². The number of likely N-dealkylation sites (tertiary alicyclic amines) is 1. The lowest BCUT2D eigenvalue weighted by Crippen LogP contribution is -2.58. The van der Waals surface area contributed by atoms with Crippen molar-refractivity contribution in [2.24, 2.45) is 0 Å². The molecule has 2 aliphatic heterocycles. The van der Waals surface area contributed by atoms with Gasteiger partial charge in [-0.1, -0.05) is 18.9 Å². The van der Waals surface area contributed by atoms with Crippen LogP contribution in [0.4, 0.5) is 11.5 Å². The predicted octanol–water partition coefficient (Wildman–Crippen LogP) is 1.57. The zero-order chi connectivity index (χ0) is 24.3. The largest absolute Gasteiger partial charge is 0.355 e. The van der Waals surface area contributed by atoms with Gasteiger partial charge in [-0.3, -0.25) is 9.78 Å². The van der Waals surface area contributed by atoms with Crippen LogP contribution in [0.25, 0.3) is 0 Å². The molecular weight excluding hydrogens is 434 g/mol. The Labute approximate surface area is 211 Å². The molecule has 0 spiro atoms. The van der Waals surface area contributed by atoms with Crippen LogP contribution >= 0.6 is 0 Å². The Morgan fingerprint density at radius 1 is 0.914 bits per heavy atom. The van der Waals surface area contributed by atoms with Crippen LogP contribution in [0.2, 0.25) is 0 Å². The van der Waals surface area contributed by atoms with E-state index in [-0.39, 0.29) is 11.2 Å². The van der Waals surface area contributed by atoms with E-state index in [9.17, 15) is 4.79 Å². The van der Waals surface area contributed by atoms with Crippen molar-refractivity contribution < 1.29 is 4.79 Å². The van der Waals surface area contributed by atoms with Crippen molar-refractivity contribution in [2.75, 3.05) is 42.9 Å². The SMILES string of the molecule is BC1(B)CCN(c2cccc(C(=O)Nc3ccncc3)n2)CCN1C1CCN(C2CCCC2)CC1. The summed E-state index contributed by atoms with van der Waals surface area (Å²) in [6.07, 6.45) is 12.6. The average Bonchev–Trinajstić information content (AvgIpc) is 3.37. The van der Waals surface area contributed by atoms with E-state index in [0.717, 1.165) is 43.6 Å². The molecule has 2 aromatic heterocycles. The normalized spacial score (nSPS) is 22.7. The number of hydrogen-bond acceptors (Lipinski definition) is 6. The summed E-state index contributed by atoms with van der Waals surface area (Å²) in [5.74, 6) is 0.699. The highest BCUT2D eigenvalue weighted by atomic mass is 16.1. The second-order valence-electron chi connectivity index (χ2n) is 11.0. The lowest BCUT2D eigenvalue weighted by Gasteiger charge is -2.47. The molecule has 0 bridgehead atoms. The maximum atomic E-state index is 12.8. The van der Waals surface area contributed by atoms with Gasteiger partial charge in [-0.05, 0) is 74.8 Å². The van der Waals surface area contributed by atoms with Gasteiger partial charge in [-0.2, -0.15) is 0 Å². The molecule has 3 aliphatic rings. The molecule has 3 fully saturated rings. The van der Waals surface area contributed by atoms with Crippen molar-refractivity contribution in [3.63, 3.8) is 0 Å². The molecule has 5 rings (SSSR count). The number of pyridine rings is 2. The zero-order valence-corrected chi connectivity index (χ0v) is 21.3. The molecule has 7 nitrogen and oxygen atoms in total. The topological polar surface area (TPSA) is 64.6 Å². The maximum Gasteiger partial charge on any atom is 0.274 e. The van der Waals surface area contributed by atoms with Crippen LogP contribution in [0, 0.1) is 0 Å². The van der Waals surface area contributed by atoms with E-state index in [4.69, 9.17) is 4.98 Å². The summed E-state index contributed by atoms with van der Waals surface area (Å²) in [7, 11) is 4.82. The van der Waals surface area contributed by atoms with Crippen molar-refractivity contribution >= 4 is 33.1 Å². The molecular formula is C26H38B2N6O. The fourth-order valence-electron chi connectivity index (χ4n) is 6.29. The second kappa shape index (κ2) is 10.7. The van der Waals surface area contributed by atoms with Crippen LogP contribution in [0.15, 0.2) is 42.7 Å². The van der Waals surface area contributed by atoms with Crippen molar-refractivity contribution in [1.29, 1.82) is 0 Å². The molecule has 0 unspecified atom stereocenters. The van der Waals surface area contributed by atoms with E-state index >= 15 is 0 Å². The number of carbonyl (C=O) groups excluding carboxylic acids is 1. The summed E-state index contributed by atoms with van der Waals surface area (Å²) >= 11 is 0. The second-order valence-corrected chi connectivity index (χ2v) is 11.0. The highest BCUT2D eigenvalue weighted by Crippen LogP contribution is 2.31. The first-order chi connectivity index (χ1) is 17.0. The van der Waals surface area contributed by atoms with Gasteiger partial charge >= 0.3 is 0 Å². The van der Waals surface area contributed by atoms with Gasteiger partial charge in [0.25, 0.3) is 5.91 Å². The van der Waals surface area contributed by atoms with Gasteiger partial charge in [-0.15, -0.1) is 0 Å². The summed E-state index contributed by atoms with van der Waals surface area (Å²) < 4.78 is 0. The molecule has 1 N–H and O–H groups in total. The molecule has 0 radical (unpaired) electrons. The van der Waals surface area contributed by atoms with Crippen LogP contribution in [-0.2, 0) is 0 Å². The molecule has 4 heterocycles. The molecule has 184 valence electrons. The summed E-state index contributed by atoms with van der Waals surface area (Å²) in [6.45, 7) is 5.43. The lowest BCUT2D eigenvalue weighted by molar-refractivity contribution is 0.0706. The first kappa shape index (κ1) is 24.3. The van der Waals surface area contributed by atoms with Crippen molar-refractivity contribution in [3.8, 4) is 0 Å². The predicted molar refractivity (Wildman–Crippen MR) is 147 cm³/mol. The van der Waals surface area contributed by atoms with E-state index in [2.05, 4.69) is 40.7 Å². The highest BCUT2D eigenvalue weighted by molar-refractivity contribution is 6.40. The van der Waals surface area contributed by atoms with Crippen LogP contribution < -0.4 is 10.2 Å². The number of anilines is 2. The van der Waals surface area contributed by atoms with Crippen LogP contribution in [-0.4, -0.2) is 91.5 Å². The number of nitrogens with one attached hydrogen (secondary N) is 1. The van der Waals surface area contributed by atoms with Crippen molar-refractivity contribution in [1.82, 2.24) is 19.8 Å². The number of amides is 1. The summed E-state index contributed by atoms with van der Waals surface area (Å²) in [5.41, 5.74) is 1.17. The van der Waals surface area contributed by atoms with Crippen LogP contribution in [0.1, 0.15) is 55.4 Å². The molecule has 1 aliphatic carbocycles. The first-order valence-corrected chi connectivity index (χ1v) is 13.4. The summed E-state index contributed by atoms with van der Waals surface area (Å²) in [4.78, 5) is 29.4. The Morgan fingerprint density at radius 2 is 1.66 bits per heavy atom. The van der Waals surface area contributed by atoms with Gasteiger partial charge in [0.2, 0.25) is 0 Å². The minimum atomic E-state index is -0.191. The van der Waals surface area contributed by atoms with E-state index in [1.165, 1.54) is 51.6 Å². The number of hydrogen-bond donors (Lipinski definition) is 1. The Hall–Kier alpha value is -2.38. The molecule has 0 atom stereocenters. The smallest absolute Gasteiger partial charge is 0.274 e. The van der Waals surface area contributed by atoms with Gasteiger partial charge in [0.1, 0.15) is 27.2 Å². The quantitative estimate of drug-likeness (QED) is 0.667.